The lowest BCUT2D eigenvalue weighted by atomic mass is 9.98. The smallest absolute Gasteiger partial charge is 0.136 e. The van der Waals surface area contributed by atoms with Gasteiger partial charge in [-0.2, -0.15) is 0 Å². The van der Waals surface area contributed by atoms with Gasteiger partial charge in [0.25, 0.3) is 0 Å². The van der Waals surface area contributed by atoms with E-state index in [0.717, 1.165) is 66.9 Å². The van der Waals surface area contributed by atoms with Crippen LogP contribution >= 0.6 is 0 Å². The second kappa shape index (κ2) is 15.3. The van der Waals surface area contributed by atoms with Gasteiger partial charge in [-0.25, -0.2) is 0 Å². The van der Waals surface area contributed by atoms with Gasteiger partial charge in [0.15, 0.2) is 0 Å². The Hall–Kier alpha value is -8.40. The zero-order valence-electron chi connectivity index (χ0n) is 34.4. The van der Waals surface area contributed by atoms with Crippen LogP contribution in [0, 0.1) is 0 Å². The van der Waals surface area contributed by atoms with Gasteiger partial charge >= 0.3 is 0 Å². The number of benzene rings is 10. The lowest BCUT2D eigenvalue weighted by molar-refractivity contribution is 0.669. The van der Waals surface area contributed by atoms with Crippen LogP contribution in [0.3, 0.4) is 0 Å². The summed E-state index contributed by atoms with van der Waals surface area (Å²) in [7, 11) is 0. The maximum atomic E-state index is 6.39. The van der Waals surface area contributed by atoms with Gasteiger partial charge in [-0.05, 0) is 118 Å². The molecule has 3 heteroatoms. The number of furan rings is 1. The van der Waals surface area contributed by atoms with Crippen molar-refractivity contribution < 1.29 is 4.42 Å². The normalized spacial score (nSPS) is 11.5. The van der Waals surface area contributed by atoms with E-state index in [4.69, 9.17) is 4.42 Å². The molecular weight excluding hydrogens is 765 g/mol. The minimum atomic E-state index is 0.879. The van der Waals surface area contributed by atoms with Crippen LogP contribution in [-0.4, -0.2) is 4.57 Å². The van der Waals surface area contributed by atoms with Gasteiger partial charge in [0, 0.05) is 44.2 Å². The third kappa shape index (κ3) is 6.46. The van der Waals surface area contributed by atoms with Crippen LogP contribution in [0.4, 0.5) is 17.1 Å². The molecule has 12 rings (SSSR count). The van der Waals surface area contributed by atoms with E-state index in [0.29, 0.717) is 0 Å². The van der Waals surface area contributed by atoms with Crippen LogP contribution in [0.2, 0.25) is 0 Å². The van der Waals surface area contributed by atoms with Crippen LogP contribution < -0.4 is 4.90 Å². The Labute approximate surface area is 366 Å². The van der Waals surface area contributed by atoms with E-state index >= 15 is 0 Å². The molecular formula is C60H40N2O. The molecule has 0 saturated heterocycles. The Balaban J connectivity index is 0.955. The summed E-state index contributed by atoms with van der Waals surface area (Å²) in [5, 5.41) is 4.77. The minimum Gasteiger partial charge on any atom is -0.456 e. The lowest BCUT2D eigenvalue weighted by Gasteiger charge is -2.28. The van der Waals surface area contributed by atoms with Crippen LogP contribution in [0.5, 0.6) is 0 Å². The van der Waals surface area contributed by atoms with Crippen LogP contribution in [-0.2, 0) is 0 Å². The molecule has 0 saturated carbocycles. The van der Waals surface area contributed by atoms with Gasteiger partial charge in [0.1, 0.15) is 11.2 Å². The summed E-state index contributed by atoms with van der Waals surface area (Å²) in [6.07, 6.45) is 0. The van der Waals surface area contributed by atoms with Crippen molar-refractivity contribution in [2.24, 2.45) is 0 Å². The van der Waals surface area contributed by atoms with Gasteiger partial charge in [0.2, 0.25) is 0 Å². The SMILES string of the molecule is c1ccc(-c2cccc(-c3ccc(N(c4ccc(-c5cccc(-n6c7ccccc7c7ccccc76)c5)cc4)c4ccccc4-c4ccc5c(c4)oc4ccccc45)cc3)c2)cc1. The first-order chi connectivity index (χ1) is 31.2. The van der Waals surface area contributed by atoms with Crippen molar-refractivity contribution in [3.8, 4) is 50.2 Å². The van der Waals surface area contributed by atoms with Gasteiger partial charge in [-0.15, -0.1) is 0 Å². The Kier molecular flexibility index (Phi) is 8.83. The highest BCUT2D eigenvalue weighted by Gasteiger charge is 2.19. The van der Waals surface area contributed by atoms with Gasteiger partial charge in [-0.3, -0.25) is 0 Å². The monoisotopic (exact) mass is 804 g/mol. The molecule has 0 amide bonds. The van der Waals surface area contributed by atoms with Crippen molar-refractivity contribution in [2.75, 3.05) is 4.90 Å². The molecule has 0 aliphatic rings. The predicted octanol–water partition coefficient (Wildman–Crippen LogP) is 16.8. The minimum absolute atomic E-state index is 0.879. The molecule has 0 radical (unpaired) electrons. The summed E-state index contributed by atoms with van der Waals surface area (Å²) >= 11 is 0. The second-order valence-electron chi connectivity index (χ2n) is 16.1. The number of hydrogen-bond acceptors (Lipinski definition) is 2. The first kappa shape index (κ1) is 36.5. The summed E-state index contributed by atoms with van der Waals surface area (Å²) in [5.41, 5.74) is 17.8. The van der Waals surface area contributed by atoms with E-state index in [-0.39, 0.29) is 0 Å². The van der Waals surface area contributed by atoms with Gasteiger partial charge in [0.05, 0.1) is 16.7 Å². The number of nitrogens with zero attached hydrogens (tertiary/aromatic N) is 2. The largest absolute Gasteiger partial charge is 0.456 e. The summed E-state index contributed by atoms with van der Waals surface area (Å²) in [5.74, 6) is 0. The highest BCUT2D eigenvalue weighted by molar-refractivity contribution is 6.09. The average Bonchev–Trinajstić information content (AvgIpc) is 3.91. The number of hydrogen-bond donors (Lipinski definition) is 0. The molecule has 0 bridgehead atoms. The second-order valence-corrected chi connectivity index (χ2v) is 16.1. The first-order valence-corrected chi connectivity index (χ1v) is 21.5. The fraction of sp³-hybridized carbons (Fsp3) is 0. The summed E-state index contributed by atoms with van der Waals surface area (Å²) < 4.78 is 8.77. The summed E-state index contributed by atoms with van der Waals surface area (Å²) in [6.45, 7) is 0. The molecule has 0 aliphatic carbocycles. The van der Waals surface area contributed by atoms with Gasteiger partial charge < -0.3 is 13.9 Å². The number of para-hydroxylation sites is 4. The lowest BCUT2D eigenvalue weighted by Crippen LogP contribution is -2.11. The fourth-order valence-corrected chi connectivity index (χ4v) is 9.37. The topological polar surface area (TPSA) is 21.3 Å². The Morgan fingerprint density at radius 2 is 0.794 bits per heavy atom. The molecule has 0 fully saturated rings. The maximum Gasteiger partial charge on any atom is 0.136 e. The highest BCUT2D eigenvalue weighted by Crippen LogP contribution is 2.43. The molecule has 0 N–H and O–H groups in total. The molecule has 10 aromatic carbocycles. The fourth-order valence-electron chi connectivity index (χ4n) is 9.37. The zero-order valence-corrected chi connectivity index (χ0v) is 34.4. The maximum absolute atomic E-state index is 6.39. The van der Waals surface area contributed by atoms with E-state index in [2.05, 4.69) is 240 Å². The molecule has 3 nitrogen and oxygen atoms in total. The average molecular weight is 805 g/mol. The molecule has 0 spiro atoms. The third-order valence-electron chi connectivity index (χ3n) is 12.4. The Morgan fingerprint density at radius 3 is 1.48 bits per heavy atom. The van der Waals surface area contributed by atoms with Crippen molar-refractivity contribution in [2.45, 2.75) is 0 Å². The van der Waals surface area contributed by atoms with Crippen molar-refractivity contribution in [3.63, 3.8) is 0 Å². The molecule has 0 atom stereocenters. The van der Waals surface area contributed by atoms with Crippen LogP contribution in [0.25, 0.3) is 93.9 Å². The van der Waals surface area contributed by atoms with E-state index in [1.54, 1.807) is 0 Å². The van der Waals surface area contributed by atoms with E-state index in [1.165, 1.54) is 44.1 Å². The van der Waals surface area contributed by atoms with Crippen LogP contribution in [0.1, 0.15) is 0 Å². The quantitative estimate of drug-likeness (QED) is 0.153. The van der Waals surface area contributed by atoms with Crippen molar-refractivity contribution in [1.82, 2.24) is 4.57 Å². The number of fused-ring (bicyclic) bond motifs is 6. The van der Waals surface area contributed by atoms with Crippen molar-refractivity contribution in [1.29, 1.82) is 0 Å². The van der Waals surface area contributed by atoms with E-state index in [9.17, 15) is 0 Å². The van der Waals surface area contributed by atoms with Gasteiger partial charge in [-0.1, -0.05) is 164 Å². The van der Waals surface area contributed by atoms with E-state index < -0.39 is 0 Å². The van der Waals surface area contributed by atoms with E-state index in [1.807, 2.05) is 12.1 Å². The summed E-state index contributed by atoms with van der Waals surface area (Å²) in [6, 6.07) is 87.1. The molecule has 2 aromatic heterocycles. The summed E-state index contributed by atoms with van der Waals surface area (Å²) in [4.78, 5) is 2.38. The molecule has 2 heterocycles. The molecule has 296 valence electrons. The molecule has 0 aliphatic heterocycles. The van der Waals surface area contributed by atoms with Crippen molar-refractivity contribution >= 4 is 60.8 Å². The molecule has 12 aromatic rings. The van der Waals surface area contributed by atoms with Crippen LogP contribution in [0.15, 0.2) is 247 Å². The zero-order chi connectivity index (χ0) is 41.7. The predicted molar refractivity (Wildman–Crippen MR) is 264 cm³/mol. The molecule has 0 unspecified atom stereocenters. The highest BCUT2D eigenvalue weighted by atomic mass is 16.3. The molecule has 63 heavy (non-hydrogen) atoms. The standard InChI is InChI=1S/C60H40N2O/c1-2-14-41(15-3-1)44-16-12-17-45(38-44)42-28-33-48(34-29-42)61(56-24-8-4-20-51(56)47-32-37-55-54-23-7-11-27-59(54)63-60(55)40-47)49-35-30-43(31-36-49)46-18-13-19-50(39-46)62-57-25-9-5-21-52(57)53-22-6-10-26-58(53)62/h1-40H. The number of anilines is 3. The first-order valence-electron chi connectivity index (χ1n) is 21.5. The number of rotatable bonds is 8. The van der Waals surface area contributed by atoms with Crippen molar-refractivity contribution in [3.05, 3.63) is 243 Å². The third-order valence-corrected chi connectivity index (χ3v) is 12.4. The number of aromatic nitrogens is 1. The Bertz CT molecular complexity index is 3560. The Morgan fingerprint density at radius 1 is 0.302 bits per heavy atom.